The molecule has 1 aromatic carbocycles. The molecule has 0 bridgehead atoms. The van der Waals surface area contributed by atoms with Crippen LogP contribution in [-0.4, -0.2) is 57.3 Å². The number of carbonyl (C=O) groups excluding carboxylic acids is 2. The number of rotatable bonds is 8. The molecule has 0 saturated heterocycles. The fourth-order valence-electron chi connectivity index (χ4n) is 1.78. The molecule has 0 aliphatic carbocycles. The van der Waals surface area contributed by atoms with E-state index in [0.29, 0.717) is 10.2 Å². The van der Waals surface area contributed by atoms with Crippen molar-refractivity contribution in [3.05, 3.63) is 16.1 Å². The molecule has 0 radical (unpaired) electrons. The summed E-state index contributed by atoms with van der Waals surface area (Å²) < 4.78 is 15.9. The molecule has 0 saturated carbocycles. The highest BCUT2D eigenvalue weighted by atomic mass is 79.9. The molecule has 2 amide bonds. The zero-order valence-electron chi connectivity index (χ0n) is 13.3. The van der Waals surface area contributed by atoms with Crippen LogP contribution in [0.15, 0.2) is 10.5 Å². The highest BCUT2D eigenvalue weighted by Gasteiger charge is 2.23. The molecule has 1 rings (SSSR count). The fourth-order valence-corrected chi connectivity index (χ4v) is 2.42. The number of carboxylic acids is 1. The Hall–Kier alpha value is -2.49. The van der Waals surface area contributed by atoms with Gasteiger partial charge in [-0.05, 0) is 22.0 Å². The van der Waals surface area contributed by atoms with Crippen LogP contribution in [0.5, 0.6) is 17.2 Å². The van der Waals surface area contributed by atoms with E-state index in [4.69, 9.17) is 19.3 Å². The molecule has 132 valence electrons. The Morgan fingerprint density at radius 3 is 2.17 bits per heavy atom. The second-order valence-electron chi connectivity index (χ2n) is 4.36. The lowest BCUT2D eigenvalue weighted by atomic mass is 10.1. The van der Waals surface area contributed by atoms with Crippen molar-refractivity contribution in [3.8, 4) is 17.2 Å². The van der Waals surface area contributed by atoms with Crippen molar-refractivity contribution >= 4 is 33.7 Å². The first-order valence-corrected chi connectivity index (χ1v) is 7.40. The minimum atomic E-state index is -1.18. The van der Waals surface area contributed by atoms with Crippen LogP contribution in [0.4, 0.5) is 0 Å². The van der Waals surface area contributed by atoms with Gasteiger partial charge >= 0.3 is 5.97 Å². The number of benzene rings is 1. The predicted molar refractivity (Wildman–Crippen MR) is 86.8 cm³/mol. The molecule has 3 N–H and O–H groups in total. The fraction of sp³-hybridized carbons (Fsp3) is 0.357. The Bertz CT molecular complexity index is 649. The summed E-state index contributed by atoms with van der Waals surface area (Å²) in [6, 6.07) is 1.43. The Labute approximate surface area is 146 Å². The van der Waals surface area contributed by atoms with Gasteiger partial charge in [0, 0.05) is 0 Å². The van der Waals surface area contributed by atoms with Crippen LogP contribution in [-0.2, 0) is 9.59 Å². The normalized spacial score (nSPS) is 9.83. The summed E-state index contributed by atoms with van der Waals surface area (Å²) in [5, 5.41) is 13.0. The summed E-state index contributed by atoms with van der Waals surface area (Å²) in [7, 11) is 4.24. The van der Waals surface area contributed by atoms with E-state index in [1.165, 1.54) is 27.4 Å². The van der Waals surface area contributed by atoms with Gasteiger partial charge in [0.25, 0.3) is 5.91 Å². The van der Waals surface area contributed by atoms with Crippen molar-refractivity contribution in [1.29, 1.82) is 0 Å². The van der Waals surface area contributed by atoms with Crippen molar-refractivity contribution in [2.45, 2.75) is 0 Å². The SMILES string of the molecule is COc1cc(C(=O)NCC(=O)NCC(=O)O)c(Br)c(OC)c1OC. The molecular weight excluding hydrogens is 388 g/mol. The van der Waals surface area contributed by atoms with Crippen molar-refractivity contribution in [2.75, 3.05) is 34.4 Å². The molecule has 9 nitrogen and oxygen atoms in total. The molecule has 0 atom stereocenters. The van der Waals surface area contributed by atoms with Gasteiger partial charge in [-0.1, -0.05) is 0 Å². The van der Waals surface area contributed by atoms with E-state index in [1.54, 1.807) is 0 Å². The number of halogens is 1. The summed E-state index contributed by atoms with van der Waals surface area (Å²) in [6.07, 6.45) is 0. The Kier molecular flexibility index (Phi) is 7.31. The second-order valence-corrected chi connectivity index (χ2v) is 5.15. The number of carbonyl (C=O) groups is 3. The van der Waals surface area contributed by atoms with E-state index < -0.39 is 24.3 Å². The molecule has 0 fully saturated rings. The van der Waals surface area contributed by atoms with Crippen LogP contribution >= 0.6 is 15.9 Å². The molecule has 0 heterocycles. The van der Waals surface area contributed by atoms with Crippen LogP contribution in [0.2, 0.25) is 0 Å². The van der Waals surface area contributed by atoms with Gasteiger partial charge in [0.1, 0.15) is 6.54 Å². The number of amides is 2. The highest BCUT2D eigenvalue weighted by molar-refractivity contribution is 9.10. The van der Waals surface area contributed by atoms with Crippen molar-refractivity contribution in [1.82, 2.24) is 10.6 Å². The topological polar surface area (TPSA) is 123 Å². The minimum absolute atomic E-state index is 0.163. The third-order valence-corrected chi connectivity index (χ3v) is 3.65. The number of ether oxygens (including phenoxy) is 3. The average molecular weight is 405 g/mol. The minimum Gasteiger partial charge on any atom is -0.493 e. The van der Waals surface area contributed by atoms with Gasteiger partial charge in [0.15, 0.2) is 11.5 Å². The number of hydrogen-bond acceptors (Lipinski definition) is 6. The molecule has 0 unspecified atom stereocenters. The van der Waals surface area contributed by atoms with E-state index in [0.717, 1.165) is 0 Å². The Balaban J connectivity index is 2.94. The van der Waals surface area contributed by atoms with Gasteiger partial charge in [0.2, 0.25) is 11.7 Å². The van der Waals surface area contributed by atoms with E-state index in [9.17, 15) is 14.4 Å². The Morgan fingerprint density at radius 2 is 1.67 bits per heavy atom. The molecule has 0 aromatic heterocycles. The predicted octanol–water partition coefficient (Wildman–Crippen LogP) is 0.406. The van der Waals surface area contributed by atoms with Crippen molar-refractivity contribution < 1.29 is 33.7 Å². The van der Waals surface area contributed by atoms with Gasteiger partial charge in [-0.15, -0.1) is 0 Å². The summed E-state index contributed by atoms with van der Waals surface area (Å²) in [6.45, 7) is -0.905. The lowest BCUT2D eigenvalue weighted by Gasteiger charge is -2.16. The zero-order chi connectivity index (χ0) is 18.3. The third kappa shape index (κ3) is 4.75. The summed E-state index contributed by atoms with van der Waals surface area (Å²) >= 11 is 3.25. The monoisotopic (exact) mass is 404 g/mol. The summed E-state index contributed by atoms with van der Waals surface area (Å²) in [5.41, 5.74) is 0.163. The van der Waals surface area contributed by atoms with Crippen LogP contribution in [0.25, 0.3) is 0 Å². The zero-order valence-corrected chi connectivity index (χ0v) is 14.9. The number of aliphatic carboxylic acids is 1. The lowest BCUT2D eigenvalue weighted by Crippen LogP contribution is -2.39. The highest BCUT2D eigenvalue weighted by Crippen LogP contribution is 2.44. The quantitative estimate of drug-likeness (QED) is 0.572. The molecule has 24 heavy (non-hydrogen) atoms. The summed E-state index contributed by atoms with van der Waals surface area (Å²) in [5.74, 6) is -1.54. The molecule has 0 aliphatic heterocycles. The van der Waals surface area contributed by atoms with Gasteiger partial charge in [0.05, 0.1) is 37.9 Å². The number of carboxylic acid groups (broad SMARTS) is 1. The Morgan fingerprint density at radius 1 is 1.04 bits per heavy atom. The van der Waals surface area contributed by atoms with Gasteiger partial charge in [-0.25, -0.2) is 0 Å². The molecule has 0 aliphatic rings. The van der Waals surface area contributed by atoms with E-state index >= 15 is 0 Å². The molecule has 0 spiro atoms. The maximum Gasteiger partial charge on any atom is 0.322 e. The molecule has 10 heteroatoms. The van der Waals surface area contributed by atoms with E-state index in [1.807, 2.05) is 0 Å². The van der Waals surface area contributed by atoms with Crippen LogP contribution in [0.3, 0.4) is 0 Å². The summed E-state index contributed by atoms with van der Waals surface area (Å²) in [4.78, 5) is 34.1. The standard InChI is InChI=1S/C14H17BrN2O7/c1-22-8-4-7(11(15)13(24-3)12(8)23-2)14(21)17-5-9(18)16-6-10(19)20/h4H,5-6H2,1-3H3,(H,16,18)(H,17,21)(H,19,20). The number of nitrogens with one attached hydrogen (secondary N) is 2. The van der Waals surface area contributed by atoms with Crippen molar-refractivity contribution in [3.63, 3.8) is 0 Å². The first-order valence-electron chi connectivity index (χ1n) is 6.60. The third-order valence-electron chi connectivity index (χ3n) is 2.86. The number of hydrogen-bond donors (Lipinski definition) is 3. The average Bonchev–Trinajstić information content (AvgIpc) is 2.56. The molecule has 1 aromatic rings. The van der Waals surface area contributed by atoms with Gasteiger partial charge in [-0.2, -0.15) is 0 Å². The van der Waals surface area contributed by atoms with E-state index in [2.05, 4.69) is 26.6 Å². The van der Waals surface area contributed by atoms with E-state index in [-0.39, 0.29) is 23.6 Å². The number of methoxy groups -OCH3 is 3. The van der Waals surface area contributed by atoms with Gasteiger partial charge in [-0.3, -0.25) is 14.4 Å². The maximum atomic E-state index is 12.3. The van der Waals surface area contributed by atoms with Crippen LogP contribution in [0, 0.1) is 0 Å². The second kappa shape index (κ2) is 8.96. The largest absolute Gasteiger partial charge is 0.493 e. The first kappa shape index (κ1) is 19.6. The lowest BCUT2D eigenvalue weighted by molar-refractivity contribution is -0.137. The van der Waals surface area contributed by atoms with Crippen molar-refractivity contribution in [2.24, 2.45) is 0 Å². The van der Waals surface area contributed by atoms with Gasteiger partial charge < -0.3 is 30.0 Å². The van der Waals surface area contributed by atoms with Crippen LogP contribution in [0.1, 0.15) is 10.4 Å². The smallest absolute Gasteiger partial charge is 0.322 e. The first-order chi connectivity index (χ1) is 11.3. The van der Waals surface area contributed by atoms with Crippen LogP contribution < -0.4 is 24.8 Å². The maximum absolute atomic E-state index is 12.3. The molecular formula is C14H17BrN2O7.